The Balaban J connectivity index is 1.48. The second-order valence-electron chi connectivity index (χ2n) is 8.30. The average molecular weight is 460 g/mol. The number of carbonyl (C=O) groups is 2. The quantitative estimate of drug-likeness (QED) is 0.734. The van der Waals surface area contributed by atoms with Gasteiger partial charge >= 0.3 is 0 Å². The summed E-state index contributed by atoms with van der Waals surface area (Å²) < 4.78 is 20.7. The lowest BCUT2D eigenvalue weighted by Gasteiger charge is -2.41. The minimum absolute atomic E-state index is 0.0431. The Labute approximate surface area is 186 Å². The Morgan fingerprint density at radius 2 is 1.70 bits per heavy atom. The highest BCUT2D eigenvalue weighted by atomic mass is 35.5. The van der Waals surface area contributed by atoms with Gasteiger partial charge in [-0.15, -0.1) is 0 Å². The van der Waals surface area contributed by atoms with Crippen LogP contribution in [0.3, 0.4) is 0 Å². The molecular weight excluding hydrogens is 432 g/mol. The molecule has 0 aliphatic carbocycles. The summed E-state index contributed by atoms with van der Waals surface area (Å²) in [5, 5.41) is 3.35. The number of benzene rings is 1. The number of alkyl halides is 1. The number of amides is 2. The molecule has 6 nitrogen and oxygen atoms in total. The molecule has 3 rings (SSSR count). The molecule has 2 amide bonds. The van der Waals surface area contributed by atoms with E-state index in [9.17, 15) is 9.59 Å². The number of halogens is 3. The maximum absolute atomic E-state index is 15.2. The van der Waals surface area contributed by atoms with Crippen molar-refractivity contribution < 1.29 is 18.7 Å². The van der Waals surface area contributed by atoms with Crippen LogP contribution in [0, 0.1) is 0 Å². The molecule has 30 heavy (non-hydrogen) atoms. The van der Waals surface area contributed by atoms with E-state index in [1.165, 1.54) is 18.2 Å². The molecule has 2 atom stereocenters. The third-order valence-electron chi connectivity index (χ3n) is 5.76. The summed E-state index contributed by atoms with van der Waals surface area (Å²) in [5.41, 5.74) is -1.20. The van der Waals surface area contributed by atoms with Crippen LogP contribution >= 0.6 is 23.2 Å². The van der Waals surface area contributed by atoms with Gasteiger partial charge < -0.3 is 15.0 Å². The lowest BCUT2D eigenvalue weighted by Crippen LogP contribution is -2.56. The molecule has 2 fully saturated rings. The number of ether oxygens (including phenoxy) is 1. The highest BCUT2D eigenvalue weighted by Crippen LogP contribution is 2.27. The van der Waals surface area contributed by atoms with E-state index in [1.54, 1.807) is 0 Å². The normalized spacial score (nSPS) is 24.5. The maximum atomic E-state index is 15.2. The van der Waals surface area contributed by atoms with Crippen LogP contribution in [0.1, 0.15) is 37.0 Å². The molecule has 166 valence electrons. The minimum atomic E-state index is -1.50. The molecule has 2 saturated heterocycles. The Hall–Kier alpha value is -1.41. The van der Waals surface area contributed by atoms with Crippen molar-refractivity contribution in [3.05, 3.63) is 33.8 Å². The first-order valence-corrected chi connectivity index (χ1v) is 11.0. The zero-order valence-electron chi connectivity index (χ0n) is 17.3. The maximum Gasteiger partial charge on any atom is 0.251 e. The summed E-state index contributed by atoms with van der Waals surface area (Å²) in [6.45, 7) is 6.16. The number of morpholine rings is 1. The zero-order chi connectivity index (χ0) is 21.9. The summed E-state index contributed by atoms with van der Waals surface area (Å²) in [4.78, 5) is 28.9. The van der Waals surface area contributed by atoms with Crippen molar-refractivity contribution in [2.45, 2.75) is 44.4 Å². The first-order valence-electron chi connectivity index (χ1n) is 10.2. The predicted molar refractivity (Wildman–Crippen MR) is 115 cm³/mol. The predicted octanol–water partition coefficient (Wildman–Crippen LogP) is 3.16. The first kappa shape index (κ1) is 23.3. The van der Waals surface area contributed by atoms with Crippen LogP contribution in [0.4, 0.5) is 4.39 Å². The van der Waals surface area contributed by atoms with Crippen LogP contribution in [-0.4, -0.2) is 78.8 Å². The Morgan fingerprint density at radius 1 is 1.13 bits per heavy atom. The average Bonchev–Trinajstić information content (AvgIpc) is 2.67. The van der Waals surface area contributed by atoms with E-state index >= 15 is 4.39 Å². The molecule has 0 radical (unpaired) electrons. The second-order valence-corrected chi connectivity index (χ2v) is 9.18. The van der Waals surface area contributed by atoms with Gasteiger partial charge in [0, 0.05) is 28.7 Å². The largest absolute Gasteiger partial charge is 0.377 e. The molecular formula is C21H28Cl2FN3O3. The van der Waals surface area contributed by atoms with Gasteiger partial charge in [0.2, 0.25) is 5.91 Å². The van der Waals surface area contributed by atoms with Gasteiger partial charge in [0.15, 0.2) is 0 Å². The Kier molecular flexibility index (Phi) is 7.61. The van der Waals surface area contributed by atoms with Crippen LogP contribution in [-0.2, 0) is 9.53 Å². The third kappa shape index (κ3) is 5.84. The van der Waals surface area contributed by atoms with Crippen molar-refractivity contribution in [1.82, 2.24) is 15.1 Å². The first-order chi connectivity index (χ1) is 14.2. The van der Waals surface area contributed by atoms with E-state index in [2.05, 4.69) is 5.32 Å². The lowest BCUT2D eigenvalue weighted by atomic mass is 9.93. The summed E-state index contributed by atoms with van der Waals surface area (Å²) in [6.07, 6.45) is 0.510. The van der Waals surface area contributed by atoms with Crippen molar-refractivity contribution in [3.63, 3.8) is 0 Å². The van der Waals surface area contributed by atoms with Crippen molar-refractivity contribution >= 4 is 35.0 Å². The molecule has 2 heterocycles. The van der Waals surface area contributed by atoms with Crippen LogP contribution in [0.25, 0.3) is 0 Å². The van der Waals surface area contributed by atoms with Crippen LogP contribution in [0.2, 0.25) is 10.0 Å². The summed E-state index contributed by atoms with van der Waals surface area (Å²) >= 11 is 11.8. The summed E-state index contributed by atoms with van der Waals surface area (Å²) in [6, 6.07) is 4.61. The lowest BCUT2D eigenvalue weighted by molar-refractivity contribution is -0.146. The van der Waals surface area contributed by atoms with E-state index in [1.807, 2.05) is 23.6 Å². The number of piperidine rings is 1. The standard InChI is InChI=1S/C21H28Cl2FN3O3/c1-14-11-30-12-15(2)27(14)19(28)10-26-5-3-21(24,4-6-26)13-25-20(29)16-7-17(22)9-18(23)8-16/h7-9,14-15H,3-6,10-13H2,1-2H3,(H,25,29)/t14-,15-/m1/s1. The molecule has 2 aliphatic rings. The number of hydrogen-bond donors (Lipinski definition) is 1. The molecule has 9 heteroatoms. The van der Waals surface area contributed by atoms with Crippen LogP contribution in [0.15, 0.2) is 18.2 Å². The molecule has 0 aromatic heterocycles. The van der Waals surface area contributed by atoms with Gasteiger partial charge in [-0.2, -0.15) is 0 Å². The molecule has 1 aromatic rings. The topological polar surface area (TPSA) is 61.9 Å². The highest BCUT2D eigenvalue weighted by molar-refractivity contribution is 6.35. The molecule has 0 unspecified atom stereocenters. The van der Waals surface area contributed by atoms with Crippen molar-refractivity contribution in [2.75, 3.05) is 39.4 Å². The SMILES string of the molecule is C[C@@H]1COC[C@@H](C)N1C(=O)CN1CCC(F)(CNC(=O)c2cc(Cl)cc(Cl)c2)CC1. The third-order valence-corrected chi connectivity index (χ3v) is 6.19. The molecule has 0 spiro atoms. The van der Waals surface area contributed by atoms with E-state index in [-0.39, 0.29) is 43.9 Å². The van der Waals surface area contributed by atoms with Gasteiger partial charge in [-0.1, -0.05) is 23.2 Å². The summed E-state index contributed by atoms with van der Waals surface area (Å²) in [7, 11) is 0. The minimum Gasteiger partial charge on any atom is -0.377 e. The fourth-order valence-corrected chi connectivity index (χ4v) is 4.61. The van der Waals surface area contributed by atoms with Crippen LogP contribution < -0.4 is 5.32 Å². The van der Waals surface area contributed by atoms with Crippen molar-refractivity contribution in [2.24, 2.45) is 0 Å². The zero-order valence-corrected chi connectivity index (χ0v) is 18.8. The van der Waals surface area contributed by atoms with Gasteiger partial charge in [0.25, 0.3) is 5.91 Å². The molecule has 1 N–H and O–H groups in total. The fraction of sp³-hybridized carbons (Fsp3) is 0.619. The van der Waals surface area contributed by atoms with Crippen molar-refractivity contribution in [3.8, 4) is 0 Å². The molecule has 2 aliphatic heterocycles. The molecule has 0 bridgehead atoms. The van der Waals surface area contributed by atoms with E-state index < -0.39 is 11.6 Å². The fourth-order valence-electron chi connectivity index (χ4n) is 4.08. The molecule has 1 aromatic carbocycles. The van der Waals surface area contributed by atoms with Gasteiger partial charge in [-0.25, -0.2) is 4.39 Å². The van der Waals surface area contributed by atoms with E-state index in [0.29, 0.717) is 41.9 Å². The number of nitrogens with one attached hydrogen (secondary N) is 1. The Bertz CT molecular complexity index is 757. The van der Waals surface area contributed by atoms with Gasteiger partial charge in [0.05, 0.1) is 38.4 Å². The number of likely N-dealkylation sites (tertiary alicyclic amines) is 1. The van der Waals surface area contributed by atoms with Crippen LogP contribution in [0.5, 0.6) is 0 Å². The number of hydrogen-bond acceptors (Lipinski definition) is 4. The van der Waals surface area contributed by atoms with E-state index in [0.717, 1.165) is 0 Å². The van der Waals surface area contributed by atoms with Gasteiger partial charge in [-0.05, 0) is 44.9 Å². The smallest absolute Gasteiger partial charge is 0.251 e. The summed E-state index contributed by atoms with van der Waals surface area (Å²) in [5.74, 6) is -0.361. The van der Waals surface area contributed by atoms with E-state index in [4.69, 9.17) is 27.9 Å². The number of nitrogens with zero attached hydrogens (tertiary/aromatic N) is 2. The number of carbonyl (C=O) groups excluding carboxylic acids is 2. The monoisotopic (exact) mass is 459 g/mol. The van der Waals surface area contributed by atoms with Gasteiger partial charge in [0.1, 0.15) is 5.67 Å². The number of rotatable bonds is 5. The second kappa shape index (κ2) is 9.81. The van der Waals surface area contributed by atoms with Crippen molar-refractivity contribution in [1.29, 1.82) is 0 Å². The molecule has 0 saturated carbocycles. The highest BCUT2D eigenvalue weighted by Gasteiger charge is 2.37. The Morgan fingerprint density at radius 3 is 2.27 bits per heavy atom. The van der Waals surface area contributed by atoms with Gasteiger partial charge in [-0.3, -0.25) is 14.5 Å².